The number of furan rings is 1. The first-order chi connectivity index (χ1) is 17.1. The zero-order valence-corrected chi connectivity index (χ0v) is 21.5. The minimum atomic E-state index is -0.506. The van der Waals surface area contributed by atoms with Gasteiger partial charge in [-0.3, -0.25) is 4.79 Å². The summed E-state index contributed by atoms with van der Waals surface area (Å²) >= 11 is 0. The molecule has 1 saturated heterocycles. The van der Waals surface area contributed by atoms with Crippen molar-refractivity contribution in [1.29, 1.82) is 0 Å². The van der Waals surface area contributed by atoms with Gasteiger partial charge in [0.1, 0.15) is 11.1 Å². The van der Waals surface area contributed by atoms with Crippen LogP contribution in [0.2, 0.25) is 0 Å². The lowest BCUT2D eigenvalue weighted by Gasteiger charge is -2.33. The molecule has 192 valence electrons. The quantitative estimate of drug-likeness (QED) is 0.507. The molecule has 1 aromatic carbocycles. The molecule has 4 rings (SSSR count). The maximum atomic E-state index is 12.0. The number of carbonyl (C=O) groups excluding carboxylic acids is 2. The summed E-state index contributed by atoms with van der Waals surface area (Å²) in [7, 11) is 1.74. The zero-order valence-electron chi connectivity index (χ0n) is 21.5. The highest BCUT2D eigenvalue weighted by Crippen LogP contribution is 2.30. The number of amides is 2. The molecule has 2 N–H and O–H groups in total. The highest BCUT2D eigenvalue weighted by atomic mass is 16.6. The minimum Gasteiger partial charge on any atom is -0.459 e. The summed E-state index contributed by atoms with van der Waals surface area (Å²) in [6.45, 7) is 9.26. The highest BCUT2D eigenvalue weighted by Gasteiger charge is 2.25. The van der Waals surface area contributed by atoms with Crippen LogP contribution in [0.4, 0.5) is 27.9 Å². The fourth-order valence-electron chi connectivity index (χ4n) is 4.09. The fraction of sp³-hybridized carbons (Fsp3) is 0.462. The van der Waals surface area contributed by atoms with Crippen LogP contribution in [-0.4, -0.2) is 54.3 Å². The van der Waals surface area contributed by atoms with Gasteiger partial charge in [-0.15, -0.1) is 0 Å². The van der Waals surface area contributed by atoms with Crippen molar-refractivity contribution in [2.75, 3.05) is 41.8 Å². The Bertz CT molecular complexity index is 1210. The van der Waals surface area contributed by atoms with Crippen molar-refractivity contribution in [2.45, 2.75) is 46.1 Å². The summed E-state index contributed by atoms with van der Waals surface area (Å²) in [6, 6.07) is 9.35. The predicted molar refractivity (Wildman–Crippen MR) is 140 cm³/mol. The number of anilines is 4. The van der Waals surface area contributed by atoms with E-state index in [-0.39, 0.29) is 12.0 Å². The van der Waals surface area contributed by atoms with E-state index < -0.39 is 5.60 Å². The summed E-state index contributed by atoms with van der Waals surface area (Å²) in [5.74, 6) is 1.56. The average Bonchev–Trinajstić information content (AvgIpc) is 3.30. The van der Waals surface area contributed by atoms with Gasteiger partial charge in [0.25, 0.3) is 0 Å². The van der Waals surface area contributed by atoms with Crippen molar-refractivity contribution in [3.63, 3.8) is 0 Å². The maximum Gasteiger partial charge on any atom is 0.407 e. The van der Waals surface area contributed by atoms with Gasteiger partial charge in [0, 0.05) is 51.0 Å². The number of piperidine rings is 1. The molecule has 0 radical (unpaired) electrons. The van der Waals surface area contributed by atoms with E-state index >= 15 is 0 Å². The number of hydrogen-bond acceptors (Lipinski definition) is 8. The van der Waals surface area contributed by atoms with Crippen LogP contribution in [0.15, 0.2) is 41.0 Å². The molecule has 0 bridgehead atoms. The lowest BCUT2D eigenvalue weighted by atomic mass is 9.97. The van der Waals surface area contributed by atoms with Gasteiger partial charge in [-0.1, -0.05) is 0 Å². The van der Waals surface area contributed by atoms with Gasteiger partial charge in [-0.25, -0.2) is 9.78 Å². The van der Waals surface area contributed by atoms with Crippen LogP contribution in [0, 0.1) is 5.92 Å². The lowest BCUT2D eigenvalue weighted by Crippen LogP contribution is -2.40. The van der Waals surface area contributed by atoms with Crippen molar-refractivity contribution in [3.05, 3.63) is 36.6 Å². The number of hydrogen-bond donors (Lipinski definition) is 2. The maximum absolute atomic E-state index is 12.0. The molecule has 2 amide bonds. The van der Waals surface area contributed by atoms with Crippen LogP contribution >= 0.6 is 0 Å². The molecule has 3 aromatic rings. The second kappa shape index (κ2) is 10.4. The third-order valence-electron chi connectivity index (χ3n) is 6.12. The van der Waals surface area contributed by atoms with E-state index in [9.17, 15) is 9.59 Å². The van der Waals surface area contributed by atoms with E-state index in [1.807, 2.05) is 51.1 Å². The Morgan fingerprint density at radius 1 is 1.14 bits per heavy atom. The number of aromatic nitrogens is 2. The number of alkyl carbamates (subject to hydrolysis) is 1. The van der Waals surface area contributed by atoms with Crippen molar-refractivity contribution < 1.29 is 18.7 Å². The second-order valence-electron chi connectivity index (χ2n) is 10.1. The van der Waals surface area contributed by atoms with Crippen LogP contribution in [0.25, 0.3) is 11.1 Å². The molecule has 0 saturated carbocycles. The van der Waals surface area contributed by atoms with Gasteiger partial charge in [0.05, 0.1) is 6.26 Å². The Hall–Kier alpha value is -3.82. The average molecular weight is 495 g/mol. The number of fused-ring (bicyclic) bond motifs is 1. The van der Waals surface area contributed by atoms with E-state index in [0.717, 1.165) is 48.6 Å². The van der Waals surface area contributed by atoms with Gasteiger partial charge < -0.3 is 29.6 Å². The topological polar surface area (TPSA) is 113 Å². The first-order valence-electron chi connectivity index (χ1n) is 12.2. The minimum absolute atomic E-state index is 0.0292. The molecule has 0 aliphatic carbocycles. The molecule has 10 heteroatoms. The van der Waals surface area contributed by atoms with E-state index in [2.05, 4.69) is 20.5 Å². The standard InChI is InChI=1S/C26H34N6O4/c1-17(33)31(5)20-8-6-19(7-9-20)28-24-29-21-12-15-35-22(21)23(30-24)32-13-10-18(11-14-32)16-27-25(34)36-26(2,3)4/h6-9,12,15,18H,10-11,13-14,16H2,1-5H3,(H,27,34)(H,28,29,30). The number of nitrogens with zero attached hydrogens (tertiary/aromatic N) is 4. The Morgan fingerprint density at radius 3 is 2.47 bits per heavy atom. The summed E-state index contributed by atoms with van der Waals surface area (Å²) in [6.07, 6.45) is 3.07. The molecule has 0 atom stereocenters. The molecule has 1 fully saturated rings. The van der Waals surface area contributed by atoms with Crippen molar-refractivity contribution >= 4 is 46.2 Å². The summed E-state index contributed by atoms with van der Waals surface area (Å²) in [5.41, 5.74) is 2.50. The van der Waals surface area contributed by atoms with E-state index in [1.165, 1.54) is 6.92 Å². The van der Waals surface area contributed by atoms with Crippen LogP contribution < -0.4 is 20.4 Å². The number of rotatable bonds is 6. The van der Waals surface area contributed by atoms with Gasteiger partial charge in [0.2, 0.25) is 11.9 Å². The SMILES string of the molecule is CC(=O)N(C)c1ccc(Nc2nc(N3CCC(CNC(=O)OC(C)(C)C)CC3)c3occc3n2)cc1. The second-order valence-corrected chi connectivity index (χ2v) is 10.1. The fourth-order valence-corrected chi connectivity index (χ4v) is 4.09. The smallest absolute Gasteiger partial charge is 0.407 e. The summed E-state index contributed by atoms with van der Waals surface area (Å²) in [5, 5.41) is 6.15. The van der Waals surface area contributed by atoms with Crippen LogP contribution in [-0.2, 0) is 9.53 Å². The Labute approximate surface area is 211 Å². The molecular weight excluding hydrogens is 460 g/mol. The third kappa shape index (κ3) is 6.24. The molecule has 36 heavy (non-hydrogen) atoms. The first-order valence-corrected chi connectivity index (χ1v) is 12.2. The van der Waals surface area contributed by atoms with E-state index in [4.69, 9.17) is 14.1 Å². The van der Waals surface area contributed by atoms with Crippen LogP contribution in [0.5, 0.6) is 0 Å². The molecule has 1 aliphatic rings. The predicted octanol–water partition coefficient (Wildman–Crippen LogP) is 4.69. The number of ether oxygens (including phenoxy) is 1. The monoisotopic (exact) mass is 494 g/mol. The van der Waals surface area contributed by atoms with Gasteiger partial charge in [-0.2, -0.15) is 4.98 Å². The molecular formula is C26H34N6O4. The van der Waals surface area contributed by atoms with E-state index in [1.54, 1.807) is 18.2 Å². The summed E-state index contributed by atoms with van der Waals surface area (Å²) in [4.78, 5) is 36.7. The first kappa shape index (κ1) is 25.3. The number of benzene rings is 1. The van der Waals surface area contributed by atoms with Crippen molar-refractivity contribution in [2.24, 2.45) is 5.92 Å². The van der Waals surface area contributed by atoms with Gasteiger partial charge in [-0.05, 0) is 63.8 Å². The lowest BCUT2D eigenvalue weighted by molar-refractivity contribution is -0.116. The molecule has 0 unspecified atom stereocenters. The summed E-state index contributed by atoms with van der Waals surface area (Å²) < 4.78 is 11.1. The Balaban J connectivity index is 1.41. The Morgan fingerprint density at radius 2 is 1.83 bits per heavy atom. The highest BCUT2D eigenvalue weighted by molar-refractivity contribution is 5.91. The van der Waals surface area contributed by atoms with Gasteiger partial charge >= 0.3 is 6.09 Å². The van der Waals surface area contributed by atoms with Crippen molar-refractivity contribution in [1.82, 2.24) is 15.3 Å². The number of nitrogens with one attached hydrogen (secondary N) is 2. The van der Waals surface area contributed by atoms with Gasteiger partial charge in [0.15, 0.2) is 11.4 Å². The molecule has 3 heterocycles. The largest absolute Gasteiger partial charge is 0.459 e. The molecule has 2 aromatic heterocycles. The molecule has 10 nitrogen and oxygen atoms in total. The molecule has 1 aliphatic heterocycles. The van der Waals surface area contributed by atoms with E-state index in [0.29, 0.717) is 24.0 Å². The van der Waals surface area contributed by atoms with Crippen molar-refractivity contribution in [3.8, 4) is 0 Å². The number of carbonyl (C=O) groups is 2. The third-order valence-corrected chi connectivity index (χ3v) is 6.12. The molecule has 0 spiro atoms. The Kier molecular flexibility index (Phi) is 7.32. The van der Waals surface area contributed by atoms with Crippen LogP contribution in [0.3, 0.4) is 0 Å². The zero-order chi connectivity index (χ0) is 25.9. The van der Waals surface area contributed by atoms with Crippen LogP contribution in [0.1, 0.15) is 40.5 Å². The normalized spacial score (nSPS) is 14.5.